The van der Waals surface area contributed by atoms with Gasteiger partial charge >= 0.3 is 5.97 Å². The molecule has 2 heterocycles. The van der Waals surface area contributed by atoms with E-state index >= 15 is 0 Å². The van der Waals surface area contributed by atoms with Gasteiger partial charge in [-0.15, -0.1) is 0 Å². The number of carbonyl (C=O) groups is 3. The number of imide groups is 1. The predicted octanol–water partition coefficient (Wildman–Crippen LogP) is -0.00340. The molecule has 2 saturated heterocycles. The quantitative estimate of drug-likeness (QED) is 0.623. The highest BCUT2D eigenvalue weighted by atomic mass is 19.1. The van der Waals surface area contributed by atoms with Crippen LogP contribution in [0.3, 0.4) is 0 Å². The van der Waals surface area contributed by atoms with Gasteiger partial charge in [0.05, 0.1) is 7.11 Å². The van der Waals surface area contributed by atoms with Gasteiger partial charge in [-0.3, -0.25) is 14.5 Å². The third-order valence-electron chi connectivity index (χ3n) is 5.20. The number of quaternary nitrogens is 1. The van der Waals surface area contributed by atoms with Crippen LogP contribution in [0.4, 0.5) is 4.39 Å². The fourth-order valence-corrected chi connectivity index (χ4v) is 4.04. The molecule has 0 aliphatic carbocycles. The van der Waals surface area contributed by atoms with Gasteiger partial charge < -0.3 is 10.1 Å². The number of nitrogens with two attached hydrogens (primary N) is 1. The number of ether oxygens (including phenoxy) is 1. The average Bonchev–Trinajstić information content (AvgIpc) is 3.02. The number of nitrogens with zero attached hydrogens (tertiary/aromatic N) is 1. The molecule has 0 bridgehead atoms. The number of hydrogen-bond donors (Lipinski definition) is 1. The normalized spacial score (nSPS) is 32.2. The summed E-state index contributed by atoms with van der Waals surface area (Å²) in [6.07, 6.45) is 0. The zero-order chi connectivity index (χ0) is 17.6. The molecule has 1 aromatic rings. The summed E-state index contributed by atoms with van der Waals surface area (Å²) in [5.74, 6) is -3.00. The van der Waals surface area contributed by atoms with Gasteiger partial charge in [0.2, 0.25) is 17.4 Å². The zero-order valence-electron chi connectivity index (χ0n) is 13.8. The van der Waals surface area contributed by atoms with E-state index < -0.39 is 29.4 Å². The molecule has 128 valence electrons. The third-order valence-corrected chi connectivity index (χ3v) is 5.20. The maximum absolute atomic E-state index is 13.2. The van der Waals surface area contributed by atoms with Crippen molar-refractivity contribution in [2.45, 2.75) is 25.4 Å². The summed E-state index contributed by atoms with van der Waals surface area (Å²) >= 11 is 0. The van der Waals surface area contributed by atoms with Crippen LogP contribution in [0.1, 0.15) is 25.5 Å². The summed E-state index contributed by atoms with van der Waals surface area (Å²) in [5.41, 5.74) is -0.479. The van der Waals surface area contributed by atoms with Gasteiger partial charge in [-0.25, -0.2) is 9.18 Å². The number of halogens is 1. The number of esters is 1. The Labute approximate surface area is 139 Å². The van der Waals surface area contributed by atoms with Crippen molar-refractivity contribution < 1.29 is 28.8 Å². The molecule has 2 aliphatic heterocycles. The molecule has 1 aromatic carbocycles. The van der Waals surface area contributed by atoms with Crippen molar-refractivity contribution in [2.75, 3.05) is 13.7 Å². The summed E-state index contributed by atoms with van der Waals surface area (Å²) < 4.78 is 18.1. The second-order valence-electron chi connectivity index (χ2n) is 6.44. The van der Waals surface area contributed by atoms with Crippen molar-refractivity contribution >= 4 is 17.8 Å². The van der Waals surface area contributed by atoms with Crippen LogP contribution in [0, 0.1) is 17.7 Å². The highest BCUT2D eigenvalue weighted by molar-refractivity contribution is 6.08. The Morgan fingerprint density at radius 2 is 1.92 bits per heavy atom. The molecule has 2 N–H and O–H groups in total. The van der Waals surface area contributed by atoms with Gasteiger partial charge in [-0.05, 0) is 19.1 Å². The molecule has 3 rings (SSSR count). The molecule has 2 aliphatic rings. The van der Waals surface area contributed by atoms with Gasteiger partial charge in [0.25, 0.3) is 0 Å². The highest BCUT2D eigenvalue weighted by Gasteiger charge is 2.70. The SMILES string of the molecule is CCN1C(=O)[C@@H]2[C@@H](c3ccc(F)cc3)[NH2+][C@@](C)(C(=O)OC)[C@@H]2C1=O. The number of rotatable bonds is 3. The largest absolute Gasteiger partial charge is 0.464 e. The van der Waals surface area contributed by atoms with Crippen molar-refractivity contribution in [1.82, 2.24) is 4.90 Å². The fraction of sp³-hybridized carbons (Fsp3) is 0.471. The molecule has 0 unspecified atom stereocenters. The Kier molecular flexibility index (Phi) is 3.91. The van der Waals surface area contributed by atoms with Crippen molar-refractivity contribution in [3.05, 3.63) is 35.6 Å². The van der Waals surface area contributed by atoms with Crippen molar-refractivity contribution in [3.8, 4) is 0 Å². The molecule has 0 radical (unpaired) electrons. The van der Waals surface area contributed by atoms with Gasteiger partial charge in [0.15, 0.2) is 0 Å². The predicted molar refractivity (Wildman–Crippen MR) is 80.9 cm³/mol. The second kappa shape index (κ2) is 5.66. The smallest absolute Gasteiger partial charge is 0.368 e. The van der Waals surface area contributed by atoms with E-state index in [1.807, 2.05) is 0 Å². The first-order valence-electron chi connectivity index (χ1n) is 7.90. The topological polar surface area (TPSA) is 80.3 Å². The van der Waals surface area contributed by atoms with Crippen LogP contribution in [-0.2, 0) is 19.1 Å². The van der Waals surface area contributed by atoms with Crippen molar-refractivity contribution in [3.63, 3.8) is 0 Å². The Balaban J connectivity index is 2.09. The minimum Gasteiger partial charge on any atom is -0.464 e. The van der Waals surface area contributed by atoms with E-state index in [1.54, 1.807) is 31.3 Å². The second-order valence-corrected chi connectivity index (χ2v) is 6.44. The summed E-state index contributed by atoms with van der Waals surface area (Å²) in [6, 6.07) is 5.36. The molecule has 2 amide bonds. The number of hydrogen-bond acceptors (Lipinski definition) is 4. The van der Waals surface area contributed by atoms with Crippen LogP contribution in [0.2, 0.25) is 0 Å². The first-order valence-corrected chi connectivity index (χ1v) is 7.90. The van der Waals surface area contributed by atoms with E-state index in [2.05, 4.69) is 0 Å². The Hall–Kier alpha value is -2.28. The standard InChI is InChI=1S/C17H19FN2O4/c1-4-20-14(21)11-12(15(20)22)17(2,16(23)24-3)19-13(11)9-5-7-10(18)8-6-9/h5-8,11-13,19H,4H2,1-3H3/p+1/t11-,12-,13+,17+/m0/s1. The molecule has 2 fully saturated rings. The van der Waals surface area contributed by atoms with Crippen LogP contribution in [0.25, 0.3) is 0 Å². The molecular formula is C17H20FN2O4+. The number of amides is 2. The van der Waals surface area contributed by atoms with E-state index in [0.717, 1.165) is 0 Å². The summed E-state index contributed by atoms with van der Waals surface area (Å²) in [5, 5.41) is 1.71. The Morgan fingerprint density at radius 1 is 1.29 bits per heavy atom. The number of benzene rings is 1. The van der Waals surface area contributed by atoms with Crippen LogP contribution >= 0.6 is 0 Å². The maximum atomic E-state index is 13.2. The monoisotopic (exact) mass is 335 g/mol. The van der Waals surface area contributed by atoms with Crippen LogP contribution in [0.5, 0.6) is 0 Å². The fourth-order valence-electron chi connectivity index (χ4n) is 4.04. The minimum absolute atomic E-state index is 0.262. The van der Waals surface area contributed by atoms with E-state index in [4.69, 9.17) is 4.74 Å². The highest BCUT2D eigenvalue weighted by Crippen LogP contribution is 2.44. The number of fused-ring (bicyclic) bond motifs is 1. The first kappa shape index (κ1) is 16.6. The molecule has 0 aromatic heterocycles. The van der Waals surface area contributed by atoms with Gasteiger partial charge in [0, 0.05) is 19.0 Å². The molecule has 0 spiro atoms. The Morgan fingerprint density at radius 3 is 2.46 bits per heavy atom. The van der Waals surface area contributed by atoms with Gasteiger partial charge in [0.1, 0.15) is 23.7 Å². The van der Waals surface area contributed by atoms with E-state index in [0.29, 0.717) is 5.56 Å². The lowest BCUT2D eigenvalue weighted by Gasteiger charge is -2.25. The lowest BCUT2D eigenvalue weighted by Crippen LogP contribution is -2.97. The molecule has 0 saturated carbocycles. The maximum Gasteiger partial charge on any atom is 0.368 e. The van der Waals surface area contributed by atoms with Crippen LogP contribution in [0.15, 0.2) is 24.3 Å². The summed E-state index contributed by atoms with van der Waals surface area (Å²) in [7, 11) is 1.26. The number of carbonyl (C=O) groups excluding carboxylic acids is 3. The van der Waals surface area contributed by atoms with E-state index in [1.165, 1.54) is 24.1 Å². The first-order chi connectivity index (χ1) is 11.3. The third kappa shape index (κ3) is 2.15. The van der Waals surface area contributed by atoms with E-state index in [-0.39, 0.29) is 24.2 Å². The van der Waals surface area contributed by atoms with Gasteiger partial charge in [-0.1, -0.05) is 12.1 Å². The summed E-state index contributed by atoms with van der Waals surface area (Å²) in [6.45, 7) is 3.62. The Bertz CT molecular complexity index is 705. The molecular weight excluding hydrogens is 315 g/mol. The minimum atomic E-state index is -1.19. The van der Waals surface area contributed by atoms with Crippen LogP contribution < -0.4 is 5.32 Å². The van der Waals surface area contributed by atoms with Crippen LogP contribution in [-0.4, -0.2) is 41.9 Å². The summed E-state index contributed by atoms with van der Waals surface area (Å²) in [4.78, 5) is 39.0. The van der Waals surface area contributed by atoms with Gasteiger partial charge in [-0.2, -0.15) is 0 Å². The van der Waals surface area contributed by atoms with E-state index in [9.17, 15) is 18.8 Å². The lowest BCUT2D eigenvalue weighted by molar-refractivity contribution is -0.731. The molecule has 24 heavy (non-hydrogen) atoms. The molecule has 6 nitrogen and oxygen atoms in total. The molecule has 7 heteroatoms. The molecule has 4 atom stereocenters. The number of likely N-dealkylation sites (tertiary alicyclic amines) is 1. The zero-order valence-corrected chi connectivity index (χ0v) is 13.8. The lowest BCUT2D eigenvalue weighted by atomic mass is 9.80. The van der Waals surface area contributed by atoms with Crippen molar-refractivity contribution in [2.24, 2.45) is 11.8 Å². The van der Waals surface area contributed by atoms with Crippen molar-refractivity contribution in [1.29, 1.82) is 0 Å². The number of methoxy groups -OCH3 is 1. The average molecular weight is 335 g/mol.